The molecule has 124 valence electrons. The number of nitrogens with zero attached hydrogens (tertiary/aromatic N) is 2. The minimum absolute atomic E-state index is 0.0267. The Kier molecular flexibility index (Phi) is 4.74. The summed E-state index contributed by atoms with van der Waals surface area (Å²) in [6.45, 7) is 1.38. The number of aromatic carboxylic acids is 1. The Hall–Kier alpha value is -2.11. The average molecular weight is 365 g/mol. The van der Waals surface area contributed by atoms with E-state index in [9.17, 15) is 19.7 Å². The van der Waals surface area contributed by atoms with E-state index in [2.05, 4.69) is 15.5 Å². The van der Waals surface area contributed by atoms with Crippen molar-refractivity contribution in [3.8, 4) is 5.75 Å². The van der Waals surface area contributed by atoms with Crippen molar-refractivity contribution in [2.75, 3.05) is 5.32 Å². The molecule has 2 heterocycles. The Labute approximate surface area is 145 Å². The number of benzene rings is 1. The highest BCUT2D eigenvalue weighted by Gasteiger charge is 2.38. The Morgan fingerprint density at radius 3 is 2.96 bits per heavy atom. The molecule has 2 aromatic rings. The molecule has 1 aromatic carbocycles. The van der Waals surface area contributed by atoms with Gasteiger partial charge in [0.2, 0.25) is 11.0 Å². The highest BCUT2D eigenvalue weighted by Crippen LogP contribution is 2.37. The fourth-order valence-corrected chi connectivity index (χ4v) is 4.36. The topological polar surface area (TPSA) is 122 Å². The number of thioether (sulfide) groups is 1. The lowest BCUT2D eigenvalue weighted by Gasteiger charge is -2.27. The molecule has 1 aromatic heterocycles. The molecule has 0 spiro atoms. The molecule has 0 bridgehead atoms. The number of fused-ring (bicyclic) bond motifs is 1. The number of carboxylic acid groups (broad SMARTS) is 1. The maximum absolute atomic E-state index is 11.2. The molecule has 3 rings (SSSR count). The van der Waals surface area contributed by atoms with E-state index in [4.69, 9.17) is 4.65 Å². The first-order chi connectivity index (χ1) is 11.4. The van der Waals surface area contributed by atoms with E-state index in [1.165, 1.54) is 36.1 Å². The standard InChI is InChI=1S/C13H12BN3O5S2/c1-6(18)15-12-16-17-13(24-12)23-9-5-7-3-2-4-8(11(19)20)10(7)22-14(9)21/h2-4,9,21H,5H2,1H3,(H,19,20)(H,15,16,18)/t9-/m0/s1. The number of aromatic nitrogens is 2. The lowest BCUT2D eigenvalue weighted by Crippen LogP contribution is -2.40. The highest BCUT2D eigenvalue weighted by atomic mass is 32.2. The van der Waals surface area contributed by atoms with Crippen molar-refractivity contribution in [3.05, 3.63) is 29.3 Å². The van der Waals surface area contributed by atoms with Gasteiger partial charge in [-0.25, -0.2) is 4.79 Å². The van der Waals surface area contributed by atoms with E-state index in [1.54, 1.807) is 12.1 Å². The molecule has 1 amide bonds. The summed E-state index contributed by atoms with van der Waals surface area (Å²) in [5.41, 5.74) is 0.739. The van der Waals surface area contributed by atoms with E-state index in [1.807, 2.05) is 0 Å². The van der Waals surface area contributed by atoms with Crippen LogP contribution in [0, 0.1) is 0 Å². The quantitative estimate of drug-likeness (QED) is 0.548. The second kappa shape index (κ2) is 6.79. The van der Waals surface area contributed by atoms with Gasteiger partial charge in [-0.2, -0.15) is 0 Å². The summed E-state index contributed by atoms with van der Waals surface area (Å²) in [7, 11) is -1.17. The van der Waals surface area contributed by atoms with Crippen LogP contribution in [0.15, 0.2) is 22.5 Å². The monoisotopic (exact) mass is 365 g/mol. The van der Waals surface area contributed by atoms with Crippen LogP contribution in [0.4, 0.5) is 5.13 Å². The lowest BCUT2D eigenvalue weighted by atomic mass is 9.77. The predicted octanol–water partition coefficient (Wildman–Crippen LogP) is 1.31. The van der Waals surface area contributed by atoms with Gasteiger partial charge in [-0.15, -0.1) is 10.2 Å². The summed E-state index contributed by atoms with van der Waals surface area (Å²) in [4.78, 5) is 22.2. The zero-order valence-corrected chi connectivity index (χ0v) is 14.1. The van der Waals surface area contributed by atoms with Gasteiger partial charge in [0.15, 0.2) is 4.34 Å². The number of carboxylic acids is 1. The molecule has 1 aliphatic rings. The zero-order chi connectivity index (χ0) is 17.3. The molecule has 0 saturated heterocycles. The van der Waals surface area contributed by atoms with Gasteiger partial charge in [-0.1, -0.05) is 35.2 Å². The summed E-state index contributed by atoms with van der Waals surface area (Å²) in [5.74, 6) is -1.14. The van der Waals surface area contributed by atoms with Gasteiger partial charge in [0, 0.05) is 6.92 Å². The first kappa shape index (κ1) is 16.7. The minimum atomic E-state index is -1.17. The molecule has 3 N–H and O–H groups in total. The number of amides is 1. The van der Waals surface area contributed by atoms with E-state index < -0.39 is 13.1 Å². The number of hydrogen-bond donors (Lipinski definition) is 3. The van der Waals surface area contributed by atoms with Crippen LogP contribution in [0.3, 0.4) is 0 Å². The maximum Gasteiger partial charge on any atom is 0.537 e. The van der Waals surface area contributed by atoms with Crippen molar-refractivity contribution in [1.29, 1.82) is 0 Å². The summed E-state index contributed by atoms with van der Waals surface area (Å²) in [6, 6.07) is 4.85. The van der Waals surface area contributed by atoms with Gasteiger partial charge in [-0.05, 0) is 18.1 Å². The fourth-order valence-electron chi connectivity index (χ4n) is 2.26. The number of anilines is 1. The number of para-hydroxylation sites is 1. The molecule has 0 radical (unpaired) electrons. The number of rotatable bonds is 4. The predicted molar refractivity (Wildman–Crippen MR) is 89.6 cm³/mol. The molecule has 0 fully saturated rings. The van der Waals surface area contributed by atoms with Crippen molar-refractivity contribution in [1.82, 2.24) is 10.2 Å². The third kappa shape index (κ3) is 3.52. The van der Waals surface area contributed by atoms with Gasteiger partial charge in [0.05, 0.1) is 10.7 Å². The van der Waals surface area contributed by atoms with Crippen LogP contribution in [0.25, 0.3) is 0 Å². The summed E-state index contributed by atoms with van der Waals surface area (Å²) < 4.78 is 5.99. The van der Waals surface area contributed by atoms with Gasteiger partial charge in [-0.3, -0.25) is 4.79 Å². The Morgan fingerprint density at radius 1 is 1.46 bits per heavy atom. The molecule has 24 heavy (non-hydrogen) atoms. The Bertz CT molecular complexity index is 800. The first-order valence-electron chi connectivity index (χ1n) is 6.91. The summed E-state index contributed by atoms with van der Waals surface area (Å²) in [5, 5.41) is 29.7. The van der Waals surface area contributed by atoms with Gasteiger partial charge in [0.25, 0.3) is 0 Å². The highest BCUT2D eigenvalue weighted by molar-refractivity contribution is 8.02. The van der Waals surface area contributed by atoms with E-state index >= 15 is 0 Å². The van der Waals surface area contributed by atoms with E-state index in [-0.39, 0.29) is 22.4 Å². The van der Waals surface area contributed by atoms with Crippen LogP contribution < -0.4 is 9.97 Å². The van der Waals surface area contributed by atoms with Crippen molar-refractivity contribution in [2.45, 2.75) is 22.8 Å². The molecule has 1 atom stereocenters. The smallest absolute Gasteiger partial charge is 0.535 e. The number of nitrogens with one attached hydrogen (secondary N) is 1. The van der Waals surface area contributed by atoms with Gasteiger partial charge < -0.3 is 20.1 Å². The number of carbonyl (C=O) groups is 2. The van der Waals surface area contributed by atoms with E-state index in [0.29, 0.717) is 21.5 Å². The zero-order valence-electron chi connectivity index (χ0n) is 12.4. The van der Waals surface area contributed by atoms with Crippen LogP contribution in [0.5, 0.6) is 5.75 Å². The van der Waals surface area contributed by atoms with Crippen molar-refractivity contribution in [3.63, 3.8) is 0 Å². The second-order valence-corrected chi connectivity index (χ2v) is 7.49. The SMILES string of the molecule is CC(=O)Nc1nnc(S[C@H]2Cc3cccc(C(=O)O)c3OB2O)s1. The summed E-state index contributed by atoms with van der Waals surface area (Å²) >= 11 is 2.46. The number of carbonyl (C=O) groups excluding carboxylic acids is 1. The van der Waals surface area contributed by atoms with Gasteiger partial charge in [0.1, 0.15) is 5.75 Å². The molecule has 1 aliphatic heterocycles. The van der Waals surface area contributed by atoms with Crippen LogP contribution in [0.1, 0.15) is 22.8 Å². The Morgan fingerprint density at radius 2 is 2.25 bits per heavy atom. The van der Waals surface area contributed by atoms with Crippen LogP contribution in [0.2, 0.25) is 0 Å². The van der Waals surface area contributed by atoms with E-state index in [0.717, 1.165) is 0 Å². The van der Waals surface area contributed by atoms with Crippen LogP contribution in [-0.4, -0.2) is 44.5 Å². The van der Waals surface area contributed by atoms with Crippen LogP contribution in [-0.2, 0) is 11.2 Å². The molecule has 0 saturated carbocycles. The summed E-state index contributed by atoms with van der Waals surface area (Å²) in [6.07, 6.45) is 0.428. The van der Waals surface area contributed by atoms with Crippen molar-refractivity contribution in [2.24, 2.45) is 0 Å². The second-order valence-electron chi connectivity index (χ2n) is 5.02. The average Bonchev–Trinajstić information content (AvgIpc) is 2.93. The third-order valence-corrected chi connectivity index (χ3v) is 5.40. The minimum Gasteiger partial charge on any atom is -0.535 e. The lowest BCUT2D eigenvalue weighted by molar-refractivity contribution is -0.114. The largest absolute Gasteiger partial charge is 0.537 e. The molecular formula is C13H12BN3O5S2. The molecule has 11 heteroatoms. The van der Waals surface area contributed by atoms with Crippen molar-refractivity contribution < 1.29 is 24.4 Å². The molecule has 0 unspecified atom stereocenters. The third-order valence-electron chi connectivity index (χ3n) is 3.25. The molecule has 0 aliphatic carbocycles. The maximum atomic E-state index is 11.2. The van der Waals surface area contributed by atoms with Crippen molar-refractivity contribution >= 4 is 47.2 Å². The van der Waals surface area contributed by atoms with Gasteiger partial charge >= 0.3 is 13.1 Å². The molecular weight excluding hydrogens is 353 g/mol. The fraction of sp³-hybridized carbons (Fsp3) is 0.231. The molecule has 8 nitrogen and oxygen atoms in total. The number of hydrogen-bond acceptors (Lipinski definition) is 8. The first-order valence-corrected chi connectivity index (χ1v) is 8.61. The van der Waals surface area contributed by atoms with Crippen LogP contribution >= 0.6 is 23.1 Å². The Balaban J connectivity index is 1.77. The normalized spacial score (nSPS) is 16.2.